The molecule has 2 aromatic rings. The van der Waals surface area contributed by atoms with Crippen LogP contribution in [0.1, 0.15) is 25.2 Å². The summed E-state index contributed by atoms with van der Waals surface area (Å²) < 4.78 is 7.72. The Morgan fingerprint density at radius 3 is 2.95 bits per heavy atom. The van der Waals surface area contributed by atoms with Crippen molar-refractivity contribution >= 4 is 22.6 Å². The normalized spacial score (nSPS) is 12.5. The highest BCUT2D eigenvalue weighted by molar-refractivity contribution is 6.17. The van der Waals surface area contributed by atoms with Crippen LogP contribution < -0.4 is 0 Å². The highest BCUT2D eigenvalue weighted by Gasteiger charge is 2.13. The molecule has 5 heteroatoms. The van der Waals surface area contributed by atoms with Crippen LogP contribution in [0.3, 0.4) is 0 Å². The van der Waals surface area contributed by atoms with Gasteiger partial charge in [-0.25, -0.2) is 4.98 Å². The predicted octanol–water partition coefficient (Wildman–Crippen LogP) is 3.11. The van der Waals surface area contributed by atoms with Crippen molar-refractivity contribution in [1.29, 1.82) is 5.26 Å². The van der Waals surface area contributed by atoms with Crippen molar-refractivity contribution in [3.63, 3.8) is 0 Å². The molecule has 20 heavy (non-hydrogen) atoms. The lowest BCUT2D eigenvalue weighted by molar-refractivity contribution is 0.0643. The number of hydrogen-bond donors (Lipinski definition) is 0. The molecule has 0 aliphatic heterocycles. The van der Waals surface area contributed by atoms with Gasteiger partial charge >= 0.3 is 0 Å². The number of imidazole rings is 1. The van der Waals surface area contributed by atoms with Crippen LogP contribution in [-0.2, 0) is 17.7 Å². The molecule has 0 saturated heterocycles. The van der Waals surface area contributed by atoms with Gasteiger partial charge in [-0.05, 0) is 32.0 Å². The topological polar surface area (TPSA) is 50.8 Å². The number of aryl methyl sites for hydroxylation is 1. The van der Waals surface area contributed by atoms with E-state index in [9.17, 15) is 0 Å². The molecule has 0 fully saturated rings. The minimum atomic E-state index is 0.0946. The number of ether oxygens (including phenoxy) is 1. The molecule has 4 nitrogen and oxygen atoms in total. The van der Waals surface area contributed by atoms with Gasteiger partial charge in [0, 0.05) is 18.9 Å². The fourth-order valence-corrected chi connectivity index (χ4v) is 2.48. The molecule has 1 aromatic carbocycles. The number of aromatic nitrogens is 2. The van der Waals surface area contributed by atoms with Crippen molar-refractivity contribution in [2.45, 2.75) is 32.9 Å². The first kappa shape index (κ1) is 14.8. The second-order valence-electron chi connectivity index (χ2n) is 4.66. The van der Waals surface area contributed by atoms with Gasteiger partial charge in [0.25, 0.3) is 0 Å². The van der Waals surface area contributed by atoms with Crippen molar-refractivity contribution in [3.8, 4) is 6.07 Å². The van der Waals surface area contributed by atoms with Crippen molar-refractivity contribution in [2.75, 3.05) is 12.5 Å². The third-order valence-corrected chi connectivity index (χ3v) is 3.35. The van der Waals surface area contributed by atoms with E-state index in [0.29, 0.717) is 31.0 Å². The Morgan fingerprint density at radius 1 is 1.50 bits per heavy atom. The first-order valence-electron chi connectivity index (χ1n) is 6.76. The molecule has 0 amide bonds. The van der Waals surface area contributed by atoms with Crippen LogP contribution in [0, 0.1) is 11.3 Å². The first-order chi connectivity index (χ1) is 9.69. The van der Waals surface area contributed by atoms with E-state index in [1.54, 1.807) is 6.07 Å². The Labute approximate surface area is 123 Å². The number of rotatable bonds is 6. The van der Waals surface area contributed by atoms with Gasteiger partial charge in [-0.1, -0.05) is 0 Å². The van der Waals surface area contributed by atoms with Crippen LogP contribution in [0.15, 0.2) is 18.2 Å². The largest absolute Gasteiger partial charge is 0.377 e. The zero-order chi connectivity index (χ0) is 14.5. The monoisotopic (exact) mass is 291 g/mol. The third-order valence-electron chi connectivity index (χ3n) is 3.17. The molecule has 1 atom stereocenters. The minimum Gasteiger partial charge on any atom is -0.377 e. The zero-order valence-corrected chi connectivity index (χ0v) is 12.5. The van der Waals surface area contributed by atoms with E-state index in [4.69, 9.17) is 21.6 Å². The summed E-state index contributed by atoms with van der Waals surface area (Å²) in [6, 6.07) is 7.71. The van der Waals surface area contributed by atoms with Crippen LogP contribution >= 0.6 is 11.6 Å². The van der Waals surface area contributed by atoms with Gasteiger partial charge in [-0.3, -0.25) is 0 Å². The lowest BCUT2D eigenvalue weighted by Crippen LogP contribution is -2.18. The van der Waals surface area contributed by atoms with E-state index in [2.05, 4.69) is 15.6 Å². The van der Waals surface area contributed by atoms with Gasteiger partial charge in [0.15, 0.2) is 0 Å². The summed E-state index contributed by atoms with van der Waals surface area (Å²) in [5.41, 5.74) is 2.50. The summed E-state index contributed by atoms with van der Waals surface area (Å²) in [6.45, 7) is 5.41. The quantitative estimate of drug-likeness (QED) is 0.768. The Bertz CT molecular complexity index is 630. The number of alkyl halides is 1. The fourth-order valence-electron chi connectivity index (χ4n) is 2.32. The second-order valence-corrected chi connectivity index (χ2v) is 5.04. The average Bonchev–Trinajstić information content (AvgIpc) is 2.77. The molecule has 1 unspecified atom stereocenters. The standard InChI is InChI=1S/C15H18ClN3O/c1-3-20-11(2)10-19-14-8-12(9-17)4-5-13(14)18-15(19)6-7-16/h4-5,8,11H,3,6-7,10H2,1-2H3. The summed E-state index contributed by atoms with van der Waals surface area (Å²) in [7, 11) is 0. The van der Waals surface area contributed by atoms with Crippen LogP contribution in [0.25, 0.3) is 11.0 Å². The number of nitriles is 1. The van der Waals surface area contributed by atoms with E-state index in [1.807, 2.05) is 26.0 Å². The SMILES string of the molecule is CCOC(C)Cn1c(CCCl)nc2ccc(C#N)cc21. The summed E-state index contributed by atoms with van der Waals surface area (Å²) in [5, 5.41) is 9.04. The van der Waals surface area contributed by atoms with E-state index < -0.39 is 0 Å². The number of halogens is 1. The lowest BCUT2D eigenvalue weighted by atomic mass is 10.2. The van der Waals surface area contributed by atoms with Gasteiger partial charge < -0.3 is 9.30 Å². The molecule has 0 aliphatic rings. The van der Waals surface area contributed by atoms with Gasteiger partial charge in [0.05, 0.1) is 35.3 Å². The summed E-state index contributed by atoms with van der Waals surface area (Å²) >= 11 is 5.85. The number of nitrogens with zero attached hydrogens (tertiary/aromatic N) is 3. The highest BCUT2D eigenvalue weighted by atomic mass is 35.5. The first-order valence-corrected chi connectivity index (χ1v) is 7.29. The van der Waals surface area contributed by atoms with E-state index in [1.165, 1.54) is 0 Å². The van der Waals surface area contributed by atoms with E-state index in [0.717, 1.165) is 16.9 Å². The molecule has 2 rings (SSSR count). The molecule has 0 bridgehead atoms. The van der Waals surface area contributed by atoms with Crippen molar-refractivity contribution in [2.24, 2.45) is 0 Å². The lowest BCUT2D eigenvalue weighted by Gasteiger charge is -2.15. The molecule has 0 aliphatic carbocycles. The molecular weight excluding hydrogens is 274 g/mol. The van der Waals surface area contributed by atoms with E-state index in [-0.39, 0.29) is 6.10 Å². The Hall–Kier alpha value is -1.57. The Kier molecular flexibility index (Phi) is 4.99. The predicted molar refractivity (Wildman–Crippen MR) is 80.0 cm³/mol. The molecular formula is C15H18ClN3O. The molecule has 1 aromatic heterocycles. The molecule has 0 saturated carbocycles. The second kappa shape index (κ2) is 6.74. The van der Waals surface area contributed by atoms with Gasteiger partial charge in [-0.2, -0.15) is 5.26 Å². The van der Waals surface area contributed by atoms with Crippen molar-refractivity contribution in [3.05, 3.63) is 29.6 Å². The van der Waals surface area contributed by atoms with Crippen LogP contribution in [-0.4, -0.2) is 28.1 Å². The molecule has 106 valence electrons. The minimum absolute atomic E-state index is 0.0946. The maximum Gasteiger partial charge on any atom is 0.111 e. The summed E-state index contributed by atoms with van der Waals surface area (Å²) in [5.74, 6) is 1.47. The number of fused-ring (bicyclic) bond motifs is 1. The van der Waals surface area contributed by atoms with Gasteiger partial charge in [0.1, 0.15) is 5.82 Å². The van der Waals surface area contributed by atoms with Crippen LogP contribution in [0.5, 0.6) is 0 Å². The highest BCUT2D eigenvalue weighted by Crippen LogP contribution is 2.19. The molecule has 1 heterocycles. The van der Waals surface area contributed by atoms with Crippen molar-refractivity contribution < 1.29 is 4.74 Å². The summed E-state index contributed by atoms with van der Waals surface area (Å²) in [6.07, 6.45) is 0.800. The van der Waals surface area contributed by atoms with Crippen molar-refractivity contribution in [1.82, 2.24) is 9.55 Å². The zero-order valence-electron chi connectivity index (χ0n) is 11.8. The fraction of sp³-hybridized carbons (Fsp3) is 0.467. The average molecular weight is 292 g/mol. The smallest absolute Gasteiger partial charge is 0.111 e. The summed E-state index contributed by atoms with van der Waals surface area (Å²) in [4.78, 5) is 4.60. The van der Waals surface area contributed by atoms with Crippen LogP contribution in [0.4, 0.5) is 0 Å². The van der Waals surface area contributed by atoms with Gasteiger partial charge in [0.2, 0.25) is 0 Å². The number of benzene rings is 1. The maximum atomic E-state index is 9.04. The van der Waals surface area contributed by atoms with E-state index >= 15 is 0 Å². The molecule has 0 N–H and O–H groups in total. The van der Waals surface area contributed by atoms with Gasteiger partial charge in [-0.15, -0.1) is 11.6 Å². The molecule has 0 spiro atoms. The Balaban J connectivity index is 2.46. The Morgan fingerprint density at radius 2 is 2.30 bits per heavy atom. The third kappa shape index (κ3) is 3.12. The number of hydrogen-bond acceptors (Lipinski definition) is 3. The molecule has 0 radical (unpaired) electrons. The maximum absolute atomic E-state index is 9.04. The van der Waals surface area contributed by atoms with Crippen LogP contribution in [0.2, 0.25) is 0 Å².